The highest BCUT2D eigenvalue weighted by Crippen LogP contribution is 2.23. The van der Waals surface area contributed by atoms with Crippen molar-refractivity contribution >= 4 is 0 Å². The van der Waals surface area contributed by atoms with Crippen LogP contribution in [0.15, 0.2) is 48.5 Å². The molecule has 0 radical (unpaired) electrons. The fourth-order valence-electron chi connectivity index (χ4n) is 1.71. The molecule has 0 bridgehead atoms. The predicted molar refractivity (Wildman–Crippen MR) is 64.5 cm³/mol. The van der Waals surface area contributed by atoms with Crippen molar-refractivity contribution in [3.63, 3.8) is 0 Å². The average molecular weight is 197 g/mol. The van der Waals surface area contributed by atoms with Gasteiger partial charge in [-0.05, 0) is 23.6 Å². The lowest BCUT2D eigenvalue weighted by Gasteiger charge is -2.07. The van der Waals surface area contributed by atoms with E-state index in [1.165, 1.54) is 22.3 Å². The molecule has 0 saturated carbocycles. The van der Waals surface area contributed by atoms with E-state index in [1.807, 2.05) is 12.1 Å². The van der Waals surface area contributed by atoms with Crippen molar-refractivity contribution in [1.82, 2.24) is 0 Å². The van der Waals surface area contributed by atoms with E-state index in [-0.39, 0.29) is 0 Å². The van der Waals surface area contributed by atoms with Gasteiger partial charge in [0, 0.05) is 6.54 Å². The second-order valence-corrected chi connectivity index (χ2v) is 3.73. The van der Waals surface area contributed by atoms with E-state index in [1.54, 1.807) is 0 Å². The molecule has 2 aromatic carbocycles. The summed E-state index contributed by atoms with van der Waals surface area (Å²) in [6.07, 6.45) is 0. The van der Waals surface area contributed by atoms with Crippen LogP contribution in [0, 0.1) is 6.92 Å². The zero-order chi connectivity index (χ0) is 10.7. The van der Waals surface area contributed by atoms with Crippen molar-refractivity contribution in [3.05, 3.63) is 59.7 Å². The van der Waals surface area contributed by atoms with Crippen molar-refractivity contribution in [3.8, 4) is 11.1 Å². The predicted octanol–water partition coefficient (Wildman–Crippen LogP) is 3.12. The Balaban J connectivity index is 2.49. The van der Waals surface area contributed by atoms with Crippen LogP contribution in [0.25, 0.3) is 11.1 Å². The van der Waals surface area contributed by atoms with E-state index in [9.17, 15) is 0 Å². The first-order valence-corrected chi connectivity index (χ1v) is 5.16. The third-order valence-electron chi connectivity index (χ3n) is 2.60. The maximum Gasteiger partial charge on any atom is 0.0184 e. The number of hydrogen-bond acceptors (Lipinski definition) is 1. The van der Waals surface area contributed by atoms with Gasteiger partial charge in [-0.1, -0.05) is 54.1 Å². The van der Waals surface area contributed by atoms with Crippen LogP contribution in [0.3, 0.4) is 0 Å². The van der Waals surface area contributed by atoms with Crippen molar-refractivity contribution in [1.29, 1.82) is 0 Å². The summed E-state index contributed by atoms with van der Waals surface area (Å²) in [6.45, 7) is 2.68. The molecule has 1 nitrogen and oxygen atoms in total. The Morgan fingerprint density at radius 3 is 2.27 bits per heavy atom. The minimum Gasteiger partial charge on any atom is -0.326 e. The minimum atomic E-state index is 0.587. The Hall–Kier alpha value is -1.60. The molecule has 0 spiro atoms. The normalized spacial score (nSPS) is 10.3. The molecular weight excluding hydrogens is 182 g/mol. The van der Waals surface area contributed by atoms with Gasteiger partial charge in [-0.15, -0.1) is 0 Å². The third-order valence-corrected chi connectivity index (χ3v) is 2.60. The fraction of sp³-hybridized carbons (Fsp3) is 0.143. The molecule has 0 heterocycles. The van der Waals surface area contributed by atoms with Gasteiger partial charge in [0.15, 0.2) is 0 Å². The monoisotopic (exact) mass is 197 g/mol. The number of hydrogen-bond donors (Lipinski definition) is 1. The number of nitrogens with two attached hydrogens (primary N) is 1. The molecule has 0 unspecified atom stereocenters. The van der Waals surface area contributed by atoms with E-state index in [0.29, 0.717) is 6.54 Å². The number of benzene rings is 2. The number of rotatable bonds is 2. The second-order valence-electron chi connectivity index (χ2n) is 3.73. The van der Waals surface area contributed by atoms with Crippen LogP contribution < -0.4 is 5.73 Å². The highest BCUT2D eigenvalue weighted by molar-refractivity contribution is 5.67. The number of aryl methyl sites for hydroxylation is 1. The summed E-state index contributed by atoms with van der Waals surface area (Å²) in [4.78, 5) is 0. The zero-order valence-corrected chi connectivity index (χ0v) is 8.90. The van der Waals surface area contributed by atoms with Crippen molar-refractivity contribution < 1.29 is 0 Å². The lowest BCUT2D eigenvalue weighted by Crippen LogP contribution is -1.98. The van der Waals surface area contributed by atoms with Crippen LogP contribution in [0.4, 0.5) is 0 Å². The Kier molecular flexibility index (Phi) is 2.84. The molecule has 0 aliphatic rings. The molecule has 0 aliphatic heterocycles. The van der Waals surface area contributed by atoms with Crippen molar-refractivity contribution in [2.24, 2.45) is 5.73 Å². The molecule has 0 aromatic heterocycles. The molecule has 2 aromatic rings. The van der Waals surface area contributed by atoms with Gasteiger partial charge in [-0.25, -0.2) is 0 Å². The van der Waals surface area contributed by atoms with Gasteiger partial charge in [-0.3, -0.25) is 0 Å². The topological polar surface area (TPSA) is 26.0 Å². The average Bonchev–Trinajstić information content (AvgIpc) is 2.30. The Morgan fingerprint density at radius 2 is 1.60 bits per heavy atom. The van der Waals surface area contributed by atoms with Crippen LogP contribution in [0.5, 0.6) is 0 Å². The lowest BCUT2D eigenvalue weighted by atomic mass is 9.99. The van der Waals surface area contributed by atoms with E-state index in [2.05, 4.69) is 43.3 Å². The molecule has 0 fully saturated rings. The highest BCUT2D eigenvalue weighted by atomic mass is 14.5. The Morgan fingerprint density at radius 1 is 0.933 bits per heavy atom. The van der Waals surface area contributed by atoms with Crippen LogP contribution >= 0.6 is 0 Å². The van der Waals surface area contributed by atoms with Crippen molar-refractivity contribution in [2.75, 3.05) is 0 Å². The Labute approximate surface area is 90.6 Å². The maximum absolute atomic E-state index is 5.72. The Bertz CT molecular complexity index is 443. The molecule has 15 heavy (non-hydrogen) atoms. The first-order valence-electron chi connectivity index (χ1n) is 5.16. The van der Waals surface area contributed by atoms with E-state index >= 15 is 0 Å². The quantitative estimate of drug-likeness (QED) is 0.786. The third kappa shape index (κ3) is 2.08. The van der Waals surface area contributed by atoms with Crippen LogP contribution in [0.2, 0.25) is 0 Å². The molecule has 1 heteroatoms. The molecular formula is C14H15N. The van der Waals surface area contributed by atoms with Gasteiger partial charge in [0.25, 0.3) is 0 Å². The summed E-state index contributed by atoms with van der Waals surface area (Å²) in [5.74, 6) is 0. The smallest absolute Gasteiger partial charge is 0.0184 e. The van der Waals surface area contributed by atoms with Gasteiger partial charge in [0.1, 0.15) is 0 Å². The molecule has 0 saturated heterocycles. The van der Waals surface area contributed by atoms with Gasteiger partial charge in [0.2, 0.25) is 0 Å². The van der Waals surface area contributed by atoms with Gasteiger partial charge in [-0.2, -0.15) is 0 Å². The first-order chi connectivity index (χ1) is 7.31. The summed E-state index contributed by atoms with van der Waals surface area (Å²) in [7, 11) is 0. The standard InChI is InChI=1S/C14H15N/c1-11-6-8-12(9-7-11)14-5-3-2-4-13(14)10-15/h2-9H,10,15H2,1H3. The largest absolute Gasteiger partial charge is 0.326 e. The summed E-state index contributed by atoms with van der Waals surface area (Å²) in [5, 5.41) is 0. The van der Waals surface area contributed by atoms with Gasteiger partial charge < -0.3 is 5.73 Å². The summed E-state index contributed by atoms with van der Waals surface area (Å²) in [6, 6.07) is 16.8. The molecule has 76 valence electrons. The summed E-state index contributed by atoms with van der Waals surface area (Å²) in [5.41, 5.74) is 10.7. The maximum atomic E-state index is 5.72. The van der Waals surface area contributed by atoms with Crippen LogP contribution in [-0.2, 0) is 6.54 Å². The highest BCUT2D eigenvalue weighted by Gasteiger charge is 2.01. The van der Waals surface area contributed by atoms with E-state index in [0.717, 1.165) is 0 Å². The fourth-order valence-corrected chi connectivity index (χ4v) is 1.71. The van der Waals surface area contributed by atoms with Gasteiger partial charge >= 0.3 is 0 Å². The molecule has 2 rings (SSSR count). The minimum absolute atomic E-state index is 0.587. The molecule has 0 atom stereocenters. The van der Waals surface area contributed by atoms with Crippen LogP contribution in [-0.4, -0.2) is 0 Å². The summed E-state index contributed by atoms with van der Waals surface area (Å²) >= 11 is 0. The SMILES string of the molecule is Cc1ccc(-c2ccccc2CN)cc1. The van der Waals surface area contributed by atoms with Crippen LogP contribution in [0.1, 0.15) is 11.1 Å². The molecule has 0 aliphatic carbocycles. The lowest BCUT2D eigenvalue weighted by molar-refractivity contribution is 1.07. The second kappa shape index (κ2) is 4.28. The van der Waals surface area contributed by atoms with Gasteiger partial charge in [0.05, 0.1) is 0 Å². The zero-order valence-electron chi connectivity index (χ0n) is 8.90. The first kappa shape index (κ1) is 9.94. The molecule has 0 amide bonds. The van der Waals surface area contributed by atoms with Crippen molar-refractivity contribution in [2.45, 2.75) is 13.5 Å². The van der Waals surface area contributed by atoms with E-state index in [4.69, 9.17) is 5.73 Å². The summed E-state index contributed by atoms with van der Waals surface area (Å²) < 4.78 is 0. The van der Waals surface area contributed by atoms with E-state index < -0.39 is 0 Å². The molecule has 2 N–H and O–H groups in total.